The lowest BCUT2D eigenvalue weighted by molar-refractivity contribution is 0.0906. The monoisotopic (exact) mass is 299 g/mol. The lowest BCUT2D eigenvalue weighted by Gasteiger charge is -2.25. The van der Waals surface area contributed by atoms with Crippen LogP contribution in [0.25, 0.3) is 0 Å². The Morgan fingerprint density at radius 2 is 2.27 bits per heavy atom. The van der Waals surface area contributed by atoms with Crippen LogP contribution in [-0.4, -0.2) is 28.3 Å². The van der Waals surface area contributed by atoms with Gasteiger partial charge >= 0.3 is 0 Å². The number of hydrogen-bond donors (Lipinski definition) is 1. The summed E-state index contributed by atoms with van der Waals surface area (Å²) in [4.78, 5) is 12.4. The van der Waals surface area contributed by atoms with Gasteiger partial charge in [-0.05, 0) is 30.5 Å². The summed E-state index contributed by atoms with van der Waals surface area (Å²) in [5.74, 6) is 0.823. The standard InChI is InChI=1S/C17H21N3O2/c1-3-6-13-10-15(20(2)19-13)17(21)18-14-9-12-7-4-5-8-16(12)22-11-14/h4-5,7-8,10,14H,3,6,9,11H2,1-2H3,(H,18,21). The number of aryl methyl sites for hydroxylation is 2. The number of nitrogens with one attached hydrogen (secondary N) is 1. The molecule has 22 heavy (non-hydrogen) atoms. The number of aromatic nitrogens is 2. The fourth-order valence-corrected chi connectivity index (χ4v) is 2.80. The van der Waals surface area contributed by atoms with E-state index in [1.54, 1.807) is 11.7 Å². The van der Waals surface area contributed by atoms with Gasteiger partial charge in [-0.1, -0.05) is 31.5 Å². The third-order valence-corrected chi connectivity index (χ3v) is 3.88. The molecule has 2 aromatic rings. The van der Waals surface area contributed by atoms with Crippen molar-refractivity contribution in [2.24, 2.45) is 7.05 Å². The van der Waals surface area contributed by atoms with Gasteiger partial charge in [0.2, 0.25) is 0 Å². The normalized spacial score (nSPS) is 16.7. The molecule has 0 fully saturated rings. The smallest absolute Gasteiger partial charge is 0.269 e. The average molecular weight is 299 g/mol. The molecule has 1 aliphatic rings. The molecule has 1 aliphatic heterocycles. The van der Waals surface area contributed by atoms with E-state index in [1.165, 1.54) is 0 Å². The summed E-state index contributed by atoms with van der Waals surface area (Å²) < 4.78 is 7.36. The quantitative estimate of drug-likeness (QED) is 0.940. The number of ether oxygens (including phenoxy) is 1. The fourth-order valence-electron chi connectivity index (χ4n) is 2.80. The van der Waals surface area contributed by atoms with Crippen LogP contribution >= 0.6 is 0 Å². The van der Waals surface area contributed by atoms with E-state index in [2.05, 4.69) is 17.3 Å². The Morgan fingerprint density at radius 1 is 1.45 bits per heavy atom. The Balaban J connectivity index is 1.68. The number of amides is 1. The SMILES string of the molecule is CCCc1cc(C(=O)NC2COc3ccccc3C2)n(C)n1. The van der Waals surface area contributed by atoms with Crippen LogP contribution < -0.4 is 10.1 Å². The first kappa shape index (κ1) is 14.6. The predicted molar refractivity (Wildman–Crippen MR) is 84.1 cm³/mol. The maximum atomic E-state index is 12.4. The number of para-hydroxylation sites is 1. The zero-order chi connectivity index (χ0) is 15.5. The van der Waals surface area contributed by atoms with Crippen LogP contribution in [0.2, 0.25) is 0 Å². The van der Waals surface area contributed by atoms with Crippen molar-refractivity contribution >= 4 is 5.91 Å². The highest BCUT2D eigenvalue weighted by molar-refractivity contribution is 5.92. The van der Waals surface area contributed by atoms with Crippen molar-refractivity contribution < 1.29 is 9.53 Å². The van der Waals surface area contributed by atoms with Gasteiger partial charge in [-0.3, -0.25) is 9.48 Å². The largest absolute Gasteiger partial charge is 0.491 e. The van der Waals surface area contributed by atoms with E-state index in [9.17, 15) is 4.79 Å². The van der Waals surface area contributed by atoms with Gasteiger partial charge < -0.3 is 10.1 Å². The second-order valence-electron chi connectivity index (χ2n) is 5.69. The molecular formula is C17H21N3O2. The molecule has 1 amide bonds. The van der Waals surface area contributed by atoms with E-state index in [0.29, 0.717) is 12.3 Å². The van der Waals surface area contributed by atoms with E-state index >= 15 is 0 Å². The number of carbonyl (C=O) groups is 1. The van der Waals surface area contributed by atoms with Crippen molar-refractivity contribution in [1.82, 2.24) is 15.1 Å². The van der Waals surface area contributed by atoms with Crippen molar-refractivity contribution in [2.45, 2.75) is 32.2 Å². The average Bonchev–Trinajstić information content (AvgIpc) is 2.88. The molecule has 1 aromatic carbocycles. The van der Waals surface area contributed by atoms with Gasteiger partial charge in [0.1, 0.15) is 18.1 Å². The highest BCUT2D eigenvalue weighted by atomic mass is 16.5. The lowest BCUT2D eigenvalue weighted by Crippen LogP contribution is -2.43. The second-order valence-corrected chi connectivity index (χ2v) is 5.69. The van der Waals surface area contributed by atoms with Gasteiger partial charge in [-0.25, -0.2) is 0 Å². The molecule has 0 radical (unpaired) electrons. The van der Waals surface area contributed by atoms with Crippen LogP contribution in [0.4, 0.5) is 0 Å². The molecule has 3 rings (SSSR count). The molecule has 5 heteroatoms. The van der Waals surface area contributed by atoms with E-state index in [4.69, 9.17) is 4.74 Å². The number of hydrogen-bond acceptors (Lipinski definition) is 3. The van der Waals surface area contributed by atoms with Crippen molar-refractivity contribution in [3.8, 4) is 5.75 Å². The van der Waals surface area contributed by atoms with Crippen LogP contribution in [0.3, 0.4) is 0 Å². The summed E-state index contributed by atoms with van der Waals surface area (Å²) in [6.07, 6.45) is 2.70. The van der Waals surface area contributed by atoms with E-state index in [1.807, 2.05) is 30.3 Å². The summed E-state index contributed by atoms with van der Waals surface area (Å²) >= 11 is 0. The molecule has 1 atom stereocenters. The van der Waals surface area contributed by atoms with Gasteiger partial charge in [-0.15, -0.1) is 0 Å². The molecule has 2 heterocycles. The first-order valence-corrected chi connectivity index (χ1v) is 7.72. The third kappa shape index (κ3) is 2.98. The number of nitrogens with zero attached hydrogens (tertiary/aromatic N) is 2. The topological polar surface area (TPSA) is 56.1 Å². The zero-order valence-electron chi connectivity index (χ0n) is 13.0. The third-order valence-electron chi connectivity index (χ3n) is 3.88. The summed E-state index contributed by atoms with van der Waals surface area (Å²) in [6.45, 7) is 2.60. The van der Waals surface area contributed by atoms with Gasteiger partial charge in [0.05, 0.1) is 11.7 Å². The molecule has 0 saturated heterocycles. The molecule has 1 unspecified atom stereocenters. The predicted octanol–water partition coefficient (Wildman–Crippen LogP) is 2.11. The van der Waals surface area contributed by atoms with Gasteiger partial charge in [0, 0.05) is 7.05 Å². The van der Waals surface area contributed by atoms with Crippen LogP contribution in [0.1, 0.15) is 35.1 Å². The Labute approximate surface area is 130 Å². The fraction of sp³-hybridized carbons (Fsp3) is 0.412. The number of benzene rings is 1. The minimum atomic E-state index is -0.0923. The Kier molecular flexibility index (Phi) is 4.13. The maximum Gasteiger partial charge on any atom is 0.269 e. The highest BCUT2D eigenvalue weighted by Crippen LogP contribution is 2.24. The van der Waals surface area contributed by atoms with E-state index in [-0.39, 0.29) is 11.9 Å². The molecule has 5 nitrogen and oxygen atoms in total. The highest BCUT2D eigenvalue weighted by Gasteiger charge is 2.23. The van der Waals surface area contributed by atoms with E-state index < -0.39 is 0 Å². The van der Waals surface area contributed by atoms with Crippen molar-refractivity contribution in [1.29, 1.82) is 0 Å². The minimum Gasteiger partial charge on any atom is -0.491 e. The van der Waals surface area contributed by atoms with Gasteiger partial charge in [-0.2, -0.15) is 5.10 Å². The van der Waals surface area contributed by atoms with Crippen LogP contribution in [-0.2, 0) is 19.9 Å². The minimum absolute atomic E-state index is 0.00748. The molecule has 0 spiro atoms. The molecule has 0 saturated carbocycles. The molecular weight excluding hydrogens is 278 g/mol. The van der Waals surface area contributed by atoms with Crippen molar-refractivity contribution in [3.05, 3.63) is 47.3 Å². The zero-order valence-corrected chi connectivity index (χ0v) is 13.0. The number of carbonyl (C=O) groups excluding carboxylic acids is 1. The van der Waals surface area contributed by atoms with Gasteiger partial charge in [0.15, 0.2) is 0 Å². The lowest BCUT2D eigenvalue weighted by atomic mass is 10.0. The Morgan fingerprint density at radius 3 is 3.09 bits per heavy atom. The van der Waals surface area contributed by atoms with Gasteiger partial charge in [0.25, 0.3) is 5.91 Å². The molecule has 116 valence electrons. The summed E-state index contributed by atoms with van der Waals surface area (Å²) in [5.41, 5.74) is 2.69. The van der Waals surface area contributed by atoms with Crippen molar-refractivity contribution in [2.75, 3.05) is 6.61 Å². The first-order valence-electron chi connectivity index (χ1n) is 7.72. The van der Waals surface area contributed by atoms with Crippen molar-refractivity contribution in [3.63, 3.8) is 0 Å². The summed E-state index contributed by atoms with van der Waals surface area (Å²) in [6, 6.07) is 9.82. The molecule has 1 aromatic heterocycles. The molecule has 0 aliphatic carbocycles. The number of rotatable bonds is 4. The number of fused-ring (bicyclic) bond motifs is 1. The van der Waals surface area contributed by atoms with Crippen LogP contribution in [0.5, 0.6) is 5.75 Å². The van der Waals surface area contributed by atoms with E-state index in [0.717, 1.165) is 36.3 Å². The first-order chi connectivity index (χ1) is 10.7. The molecule has 1 N–H and O–H groups in total. The maximum absolute atomic E-state index is 12.4. The van der Waals surface area contributed by atoms with Crippen LogP contribution in [0.15, 0.2) is 30.3 Å². The second kappa shape index (κ2) is 6.22. The Hall–Kier alpha value is -2.30. The summed E-state index contributed by atoms with van der Waals surface area (Å²) in [5, 5.41) is 7.42. The summed E-state index contributed by atoms with van der Waals surface area (Å²) in [7, 11) is 1.81. The van der Waals surface area contributed by atoms with Crippen LogP contribution in [0, 0.1) is 0 Å². The molecule has 0 bridgehead atoms. The Bertz CT molecular complexity index is 678.